The molecule has 0 aromatic rings. The van der Waals surface area contributed by atoms with Crippen molar-refractivity contribution in [2.75, 3.05) is 61.4 Å². The highest BCUT2D eigenvalue weighted by Gasteiger charge is 1.98. The van der Waals surface area contributed by atoms with Gasteiger partial charge in [-0.25, -0.2) is 0 Å². The summed E-state index contributed by atoms with van der Waals surface area (Å²) >= 11 is 0. The molecule has 0 aliphatic carbocycles. The van der Waals surface area contributed by atoms with Crippen LogP contribution in [0, 0.1) is 0 Å². The molecule has 5 heteroatoms. The second-order valence-electron chi connectivity index (χ2n) is 4.02. The molecule has 0 radical (unpaired) electrons. The zero-order valence-electron chi connectivity index (χ0n) is 10.6. The van der Waals surface area contributed by atoms with Crippen LogP contribution in [0.2, 0.25) is 0 Å². The first-order valence-corrected chi connectivity index (χ1v) is 4.99. The average Bonchev–Trinajstić information content (AvgIpc) is 2.12. The Bertz CT molecular complexity index is 129. The third kappa shape index (κ3) is 19.7. The van der Waals surface area contributed by atoms with Crippen LogP contribution >= 0.6 is 0 Å². The first-order valence-electron chi connectivity index (χ1n) is 4.99. The Morgan fingerprint density at radius 1 is 0.867 bits per heavy atom. The van der Waals surface area contributed by atoms with Crippen molar-refractivity contribution in [1.82, 2.24) is 14.7 Å². The lowest BCUT2D eigenvalue weighted by Crippen LogP contribution is -2.33. The number of rotatable bonds is 6. The number of nitrogens with zero attached hydrogens (tertiary/aromatic N) is 3. The van der Waals surface area contributed by atoms with Crippen molar-refractivity contribution in [2.24, 2.45) is 0 Å². The molecular formula is C10H25N3O2. The highest BCUT2D eigenvalue weighted by Crippen LogP contribution is 1.84. The molecular weight excluding hydrogens is 194 g/mol. The summed E-state index contributed by atoms with van der Waals surface area (Å²) in [5, 5.41) is 6.89. The minimum atomic E-state index is -0.250. The van der Waals surface area contributed by atoms with Crippen LogP contribution in [0.4, 0.5) is 0 Å². The maximum absolute atomic E-state index is 8.36. The lowest BCUT2D eigenvalue weighted by molar-refractivity contribution is -0.122. The molecule has 0 unspecified atom stereocenters. The normalized spacial score (nSPS) is 10.4. The van der Waals surface area contributed by atoms with Crippen LogP contribution in [0.5, 0.6) is 0 Å². The van der Waals surface area contributed by atoms with Crippen molar-refractivity contribution in [3.63, 3.8) is 0 Å². The Morgan fingerprint density at radius 3 is 1.33 bits per heavy atom. The fourth-order valence-electron chi connectivity index (χ4n) is 0.853. The van der Waals surface area contributed by atoms with E-state index in [1.807, 2.05) is 0 Å². The van der Waals surface area contributed by atoms with E-state index in [9.17, 15) is 0 Å². The van der Waals surface area contributed by atoms with Gasteiger partial charge in [0.05, 0.1) is 0 Å². The molecule has 92 valence electrons. The molecule has 1 N–H and O–H groups in total. The molecule has 0 saturated heterocycles. The third-order valence-corrected chi connectivity index (χ3v) is 1.86. The van der Waals surface area contributed by atoms with Crippen LogP contribution < -0.4 is 0 Å². The Hall–Kier alpha value is -0.650. The SMILES string of the molecule is CN(C)CCN(C)CCN(C)C.O=CO. The van der Waals surface area contributed by atoms with Crippen molar-refractivity contribution >= 4 is 6.47 Å². The second-order valence-corrected chi connectivity index (χ2v) is 4.02. The summed E-state index contributed by atoms with van der Waals surface area (Å²) in [6.07, 6.45) is 0. The van der Waals surface area contributed by atoms with Crippen LogP contribution in [0.15, 0.2) is 0 Å². The Labute approximate surface area is 93.3 Å². The molecule has 0 bridgehead atoms. The van der Waals surface area contributed by atoms with Gasteiger partial charge in [0.25, 0.3) is 6.47 Å². The lowest BCUT2D eigenvalue weighted by atomic mass is 10.4. The van der Waals surface area contributed by atoms with Crippen LogP contribution in [0.1, 0.15) is 0 Å². The predicted molar refractivity (Wildman–Crippen MR) is 63.3 cm³/mol. The number of carboxylic acid groups (broad SMARTS) is 1. The quantitative estimate of drug-likeness (QED) is 0.624. The fraction of sp³-hybridized carbons (Fsp3) is 0.900. The van der Waals surface area contributed by atoms with E-state index in [1.165, 1.54) is 0 Å². The van der Waals surface area contributed by atoms with Crippen LogP contribution in [-0.2, 0) is 4.79 Å². The smallest absolute Gasteiger partial charge is 0.290 e. The molecule has 15 heavy (non-hydrogen) atoms. The minimum Gasteiger partial charge on any atom is -0.483 e. The Morgan fingerprint density at radius 2 is 1.13 bits per heavy atom. The fourth-order valence-corrected chi connectivity index (χ4v) is 0.853. The van der Waals surface area contributed by atoms with E-state index < -0.39 is 0 Å². The van der Waals surface area contributed by atoms with Gasteiger partial charge in [0, 0.05) is 26.2 Å². The van der Waals surface area contributed by atoms with Gasteiger partial charge in [0.1, 0.15) is 0 Å². The van der Waals surface area contributed by atoms with Crippen molar-refractivity contribution in [3.8, 4) is 0 Å². The van der Waals surface area contributed by atoms with Crippen LogP contribution in [0.3, 0.4) is 0 Å². The molecule has 0 saturated carbocycles. The van der Waals surface area contributed by atoms with Crippen molar-refractivity contribution in [2.45, 2.75) is 0 Å². The number of carbonyl (C=O) groups is 1. The monoisotopic (exact) mass is 219 g/mol. The summed E-state index contributed by atoms with van der Waals surface area (Å²) in [6.45, 7) is 4.34. The summed E-state index contributed by atoms with van der Waals surface area (Å²) in [5.41, 5.74) is 0. The third-order valence-electron chi connectivity index (χ3n) is 1.86. The standard InChI is InChI=1S/C9H23N3.CH2O2/c1-10(2)6-8-12(5)9-7-11(3)4;2-1-3/h6-9H2,1-5H3;1H,(H,2,3). The van der Waals surface area contributed by atoms with Gasteiger partial charge in [-0.2, -0.15) is 0 Å². The first kappa shape index (κ1) is 16.8. The van der Waals surface area contributed by atoms with Gasteiger partial charge < -0.3 is 19.8 Å². The molecule has 0 aromatic heterocycles. The van der Waals surface area contributed by atoms with Gasteiger partial charge >= 0.3 is 0 Å². The lowest BCUT2D eigenvalue weighted by Gasteiger charge is -2.20. The Kier molecular flexibility index (Phi) is 12.8. The van der Waals surface area contributed by atoms with Gasteiger partial charge in [-0.1, -0.05) is 0 Å². The summed E-state index contributed by atoms with van der Waals surface area (Å²) < 4.78 is 0. The van der Waals surface area contributed by atoms with Crippen LogP contribution in [0.25, 0.3) is 0 Å². The number of likely N-dealkylation sites (N-methyl/N-ethyl adjacent to an activating group) is 3. The van der Waals surface area contributed by atoms with Gasteiger partial charge in [-0.15, -0.1) is 0 Å². The molecule has 0 aliphatic rings. The second kappa shape index (κ2) is 11.4. The van der Waals surface area contributed by atoms with E-state index in [2.05, 4.69) is 49.9 Å². The van der Waals surface area contributed by atoms with Gasteiger partial charge in [0.15, 0.2) is 0 Å². The minimum absolute atomic E-state index is 0.250. The summed E-state index contributed by atoms with van der Waals surface area (Å²) in [7, 11) is 10.6. The van der Waals surface area contributed by atoms with Gasteiger partial charge in [-0.05, 0) is 35.2 Å². The van der Waals surface area contributed by atoms with Crippen molar-refractivity contribution in [1.29, 1.82) is 0 Å². The Balaban J connectivity index is 0. The van der Waals surface area contributed by atoms with E-state index >= 15 is 0 Å². The first-order chi connectivity index (χ1) is 6.93. The van der Waals surface area contributed by atoms with E-state index in [-0.39, 0.29) is 6.47 Å². The summed E-state index contributed by atoms with van der Waals surface area (Å²) in [6, 6.07) is 0. The predicted octanol–water partition coefficient (Wildman–Crippen LogP) is -0.258. The number of hydrogen-bond acceptors (Lipinski definition) is 4. The topological polar surface area (TPSA) is 47.0 Å². The van der Waals surface area contributed by atoms with E-state index in [1.54, 1.807) is 0 Å². The molecule has 0 amide bonds. The maximum atomic E-state index is 8.36. The van der Waals surface area contributed by atoms with Crippen molar-refractivity contribution < 1.29 is 9.90 Å². The number of hydrogen-bond donors (Lipinski definition) is 1. The van der Waals surface area contributed by atoms with Crippen LogP contribution in [-0.4, -0.2) is 87.7 Å². The molecule has 0 rings (SSSR count). The largest absolute Gasteiger partial charge is 0.483 e. The van der Waals surface area contributed by atoms with Crippen molar-refractivity contribution in [3.05, 3.63) is 0 Å². The molecule has 0 atom stereocenters. The van der Waals surface area contributed by atoms with E-state index in [0.717, 1.165) is 26.2 Å². The highest BCUT2D eigenvalue weighted by molar-refractivity contribution is 5.32. The zero-order valence-corrected chi connectivity index (χ0v) is 10.6. The average molecular weight is 219 g/mol. The molecule has 0 fully saturated rings. The molecule has 0 heterocycles. The summed E-state index contributed by atoms with van der Waals surface area (Å²) in [4.78, 5) is 15.2. The zero-order chi connectivity index (χ0) is 12.3. The highest BCUT2D eigenvalue weighted by atomic mass is 16.3. The maximum Gasteiger partial charge on any atom is 0.290 e. The molecule has 0 aromatic carbocycles. The van der Waals surface area contributed by atoms with Gasteiger partial charge in [0.2, 0.25) is 0 Å². The van der Waals surface area contributed by atoms with E-state index in [4.69, 9.17) is 9.90 Å². The molecule has 0 aliphatic heterocycles. The van der Waals surface area contributed by atoms with E-state index in [0.29, 0.717) is 0 Å². The van der Waals surface area contributed by atoms with Gasteiger partial charge in [-0.3, -0.25) is 4.79 Å². The molecule has 0 spiro atoms. The summed E-state index contributed by atoms with van der Waals surface area (Å²) in [5.74, 6) is 0. The molecule has 5 nitrogen and oxygen atoms in total.